The predicted molar refractivity (Wildman–Crippen MR) is 75.9 cm³/mol. The Morgan fingerprint density at radius 3 is 2.74 bits per heavy atom. The van der Waals surface area contributed by atoms with E-state index in [2.05, 4.69) is 15.3 Å². The van der Waals surface area contributed by atoms with Crippen molar-refractivity contribution in [3.05, 3.63) is 21.6 Å². The molecule has 2 aliphatic rings. The second-order valence-electron chi connectivity index (χ2n) is 5.46. The highest BCUT2D eigenvalue weighted by Gasteiger charge is 2.37. The number of aryl methyl sites for hydroxylation is 1. The lowest BCUT2D eigenvalue weighted by Gasteiger charge is -2.20. The van der Waals surface area contributed by atoms with Crippen LogP contribution in [0.4, 0.5) is 5.69 Å². The lowest BCUT2D eigenvalue weighted by molar-refractivity contribution is 0.533. The first kappa shape index (κ1) is 12.9. The Bertz CT molecular complexity index is 518. The molecule has 0 aliphatic carbocycles. The molecule has 3 rings (SSSR count). The Balaban J connectivity index is 1.86. The quantitative estimate of drug-likeness (QED) is 0.897. The van der Waals surface area contributed by atoms with E-state index in [0.29, 0.717) is 23.4 Å². The number of nitrogens with zero attached hydrogens (tertiary/aromatic N) is 3. The molecule has 19 heavy (non-hydrogen) atoms. The van der Waals surface area contributed by atoms with Crippen molar-refractivity contribution in [2.75, 3.05) is 31.1 Å². The van der Waals surface area contributed by atoms with Gasteiger partial charge in [0.15, 0.2) is 0 Å². The summed E-state index contributed by atoms with van der Waals surface area (Å²) in [6.45, 7) is 6.71. The molecular formula is C13H19ClN4O. The average Bonchev–Trinajstić information content (AvgIpc) is 2.96. The van der Waals surface area contributed by atoms with Crippen LogP contribution in [0.25, 0.3) is 0 Å². The topological polar surface area (TPSA) is 50.2 Å². The van der Waals surface area contributed by atoms with Crippen molar-refractivity contribution < 1.29 is 0 Å². The summed E-state index contributed by atoms with van der Waals surface area (Å²) in [6.07, 6.45) is 2.62. The lowest BCUT2D eigenvalue weighted by atomic mass is 10.0. The van der Waals surface area contributed by atoms with Crippen molar-refractivity contribution in [3.8, 4) is 0 Å². The van der Waals surface area contributed by atoms with Gasteiger partial charge in [0.25, 0.3) is 5.56 Å². The molecule has 6 heteroatoms. The monoisotopic (exact) mass is 282 g/mol. The summed E-state index contributed by atoms with van der Waals surface area (Å²) in [5.41, 5.74) is 0.629. The Labute approximate surface area is 117 Å². The third kappa shape index (κ3) is 2.25. The minimum Gasteiger partial charge on any atom is -0.368 e. The first-order chi connectivity index (χ1) is 9.20. The molecule has 1 aromatic rings. The second-order valence-corrected chi connectivity index (χ2v) is 5.83. The Kier molecular flexibility index (Phi) is 3.50. The minimum absolute atomic E-state index is 0.170. The third-order valence-corrected chi connectivity index (χ3v) is 4.49. The van der Waals surface area contributed by atoms with E-state index in [-0.39, 0.29) is 5.56 Å². The molecule has 0 bridgehead atoms. The molecule has 0 saturated carbocycles. The molecule has 3 heterocycles. The molecule has 5 nitrogen and oxygen atoms in total. The van der Waals surface area contributed by atoms with Gasteiger partial charge >= 0.3 is 0 Å². The maximum atomic E-state index is 12.1. The fraction of sp³-hybridized carbons (Fsp3) is 0.692. The molecule has 2 saturated heterocycles. The normalized spacial score (nSPS) is 25.9. The van der Waals surface area contributed by atoms with Crippen LogP contribution in [-0.4, -0.2) is 36.0 Å². The summed E-state index contributed by atoms with van der Waals surface area (Å²) in [5, 5.41) is 7.95. The zero-order valence-electron chi connectivity index (χ0n) is 11.1. The zero-order chi connectivity index (χ0) is 13.4. The molecule has 0 aromatic carbocycles. The molecule has 1 N–H and O–H groups in total. The van der Waals surface area contributed by atoms with Crippen molar-refractivity contribution in [2.24, 2.45) is 11.8 Å². The molecule has 2 atom stereocenters. The van der Waals surface area contributed by atoms with Gasteiger partial charge in [0, 0.05) is 32.7 Å². The minimum atomic E-state index is -0.170. The summed E-state index contributed by atoms with van der Waals surface area (Å²) in [4.78, 5) is 14.3. The second kappa shape index (κ2) is 5.13. The highest BCUT2D eigenvalue weighted by Crippen LogP contribution is 2.32. The highest BCUT2D eigenvalue weighted by atomic mass is 35.5. The molecule has 0 amide bonds. The Morgan fingerprint density at radius 1 is 1.42 bits per heavy atom. The molecular weight excluding hydrogens is 264 g/mol. The van der Waals surface area contributed by atoms with E-state index in [1.165, 1.54) is 4.68 Å². The van der Waals surface area contributed by atoms with Crippen LogP contribution in [0, 0.1) is 11.8 Å². The number of rotatable bonds is 3. The molecule has 1 aromatic heterocycles. The maximum Gasteiger partial charge on any atom is 0.287 e. The van der Waals surface area contributed by atoms with Crippen LogP contribution >= 0.6 is 11.6 Å². The summed E-state index contributed by atoms with van der Waals surface area (Å²) in [6, 6.07) is 0. The number of aromatic nitrogens is 2. The number of hydrogen-bond donors (Lipinski definition) is 1. The van der Waals surface area contributed by atoms with Crippen molar-refractivity contribution in [1.82, 2.24) is 15.1 Å². The van der Waals surface area contributed by atoms with Gasteiger partial charge in [0.2, 0.25) is 0 Å². The number of anilines is 1. The van der Waals surface area contributed by atoms with E-state index in [4.69, 9.17) is 11.6 Å². The molecule has 0 unspecified atom stereocenters. The van der Waals surface area contributed by atoms with Gasteiger partial charge in [-0.15, -0.1) is 0 Å². The molecule has 0 spiro atoms. The average molecular weight is 283 g/mol. The molecule has 0 radical (unpaired) electrons. The van der Waals surface area contributed by atoms with Gasteiger partial charge in [0.05, 0.1) is 11.9 Å². The number of hydrogen-bond acceptors (Lipinski definition) is 4. The van der Waals surface area contributed by atoms with Gasteiger partial charge in [-0.05, 0) is 18.3 Å². The lowest BCUT2D eigenvalue weighted by Crippen LogP contribution is -2.30. The number of halogens is 1. The number of fused-ring (bicyclic) bond motifs is 1. The van der Waals surface area contributed by atoms with E-state index >= 15 is 0 Å². The zero-order valence-corrected chi connectivity index (χ0v) is 11.9. The van der Waals surface area contributed by atoms with Crippen LogP contribution in [0.15, 0.2) is 11.0 Å². The standard InChI is InChI=1S/C13H19ClN4O/c1-2-3-18-13(19)12(14)11(6-16-18)17-7-9-4-15-5-10(9)8-17/h6,9-10,15H,2-5,7-8H2,1H3/t9-,10+. The fourth-order valence-electron chi connectivity index (χ4n) is 3.10. The third-order valence-electron chi connectivity index (χ3n) is 4.13. The number of nitrogens with one attached hydrogen (secondary N) is 1. The van der Waals surface area contributed by atoms with Crippen molar-refractivity contribution in [3.63, 3.8) is 0 Å². The van der Waals surface area contributed by atoms with E-state index in [1.807, 2.05) is 6.92 Å². The molecule has 2 aliphatic heterocycles. The van der Waals surface area contributed by atoms with E-state index in [0.717, 1.165) is 38.3 Å². The summed E-state index contributed by atoms with van der Waals surface area (Å²) < 4.78 is 1.45. The Morgan fingerprint density at radius 2 is 2.11 bits per heavy atom. The van der Waals surface area contributed by atoms with Gasteiger partial charge < -0.3 is 10.2 Å². The first-order valence-corrected chi connectivity index (χ1v) is 7.29. The van der Waals surface area contributed by atoms with Crippen molar-refractivity contribution in [2.45, 2.75) is 19.9 Å². The largest absolute Gasteiger partial charge is 0.368 e. The first-order valence-electron chi connectivity index (χ1n) is 6.92. The molecule has 2 fully saturated rings. The summed E-state index contributed by atoms with van der Waals surface area (Å²) in [5.74, 6) is 1.35. The highest BCUT2D eigenvalue weighted by molar-refractivity contribution is 6.33. The SMILES string of the molecule is CCCn1ncc(N2C[C@H]3CNC[C@H]3C2)c(Cl)c1=O. The fourth-order valence-corrected chi connectivity index (χ4v) is 3.37. The van der Waals surface area contributed by atoms with Crippen LogP contribution in [0.2, 0.25) is 5.02 Å². The van der Waals surface area contributed by atoms with Crippen molar-refractivity contribution >= 4 is 17.3 Å². The van der Waals surface area contributed by atoms with E-state index < -0.39 is 0 Å². The Hall–Kier alpha value is -1.07. The van der Waals surface area contributed by atoms with Crippen molar-refractivity contribution in [1.29, 1.82) is 0 Å². The predicted octanol–water partition coefficient (Wildman–Crippen LogP) is 0.962. The van der Waals surface area contributed by atoms with E-state index in [1.54, 1.807) is 6.20 Å². The van der Waals surface area contributed by atoms with Gasteiger partial charge in [-0.2, -0.15) is 5.10 Å². The van der Waals surface area contributed by atoms with E-state index in [9.17, 15) is 4.79 Å². The van der Waals surface area contributed by atoms with Crippen LogP contribution in [0.1, 0.15) is 13.3 Å². The van der Waals surface area contributed by atoms with Gasteiger partial charge in [0.1, 0.15) is 5.02 Å². The summed E-state index contributed by atoms with van der Waals surface area (Å²) in [7, 11) is 0. The van der Waals surface area contributed by atoms with Crippen LogP contribution < -0.4 is 15.8 Å². The molecule has 104 valence electrons. The van der Waals surface area contributed by atoms with Crippen LogP contribution in [0.3, 0.4) is 0 Å². The smallest absolute Gasteiger partial charge is 0.287 e. The van der Waals surface area contributed by atoms with Crippen LogP contribution in [-0.2, 0) is 6.54 Å². The van der Waals surface area contributed by atoms with Gasteiger partial charge in [-0.3, -0.25) is 4.79 Å². The summed E-state index contributed by atoms with van der Waals surface area (Å²) >= 11 is 6.24. The van der Waals surface area contributed by atoms with Gasteiger partial charge in [-0.25, -0.2) is 4.68 Å². The van der Waals surface area contributed by atoms with Gasteiger partial charge in [-0.1, -0.05) is 18.5 Å². The van der Waals surface area contributed by atoms with Crippen LogP contribution in [0.5, 0.6) is 0 Å². The maximum absolute atomic E-state index is 12.1.